The van der Waals surface area contributed by atoms with Gasteiger partial charge in [0, 0.05) is 12.6 Å². The topological polar surface area (TPSA) is 86.0 Å². The van der Waals surface area contributed by atoms with Crippen molar-refractivity contribution in [3.05, 3.63) is 53.8 Å². The van der Waals surface area contributed by atoms with Crippen LogP contribution in [0.25, 0.3) is 11.0 Å². The van der Waals surface area contributed by atoms with E-state index in [0.717, 1.165) is 11.0 Å². The van der Waals surface area contributed by atoms with E-state index in [1.807, 2.05) is 28.8 Å². The Labute approximate surface area is 185 Å². The molecule has 30 heavy (non-hydrogen) atoms. The van der Waals surface area contributed by atoms with Gasteiger partial charge in [0.15, 0.2) is 0 Å². The van der Waals surface area contributed by atoms with Crippen molar-refractivity contribution in [1.82, 2.24) is 9.55 Å². The second-order valence-electron chi connectivity index (χ2n) is 7.02. The number of aliphatic hydroxyl groups is 2. The second kappa shape index (κ2) is 9.85. The Bertz CT molecular complexity index is 983. The highest BCUT2D eigenvalue weighted by atomic mass is 35.5. The molecule has 7 nitrogen and oxygen atoms in total. The van der Waals surface area contributed by atoms with Crippen LogP contribution in [0.4, 0.5) is 0 Å². The van der Waals surface area contributed by atoms with Crippen LogP contribution in [0, 0.1) is 0 Å². The van der Waals surface area contributed by atoms with Crippen molar-refractivity contribution in [3.8, 4) is 11.5 Å². The van der Waals surface area contributed by atoms with Gasteiger partial charge in [0.25, 0.3) is 0 Å². The summed E-state index contributed by atoms with van der Waals surface area (Å²) in [5.41, 5.74) is 1.94. The summed E-state index contributed by atoms with van der Waals surface area (Å²) in [6.07, 6.45) is -0.840. The Kier molecular flexibility index (Phi) is 7.44. The highest BCUT2D eigenvalue weighted by Crippen LogP contribution is 2.30. The number of aromatic nitrogens is 2. The van der Waals surface area contributed by atoms with Gasteiger partial charge in [0.1, 0.15) is 36.4 Å². The number of aliphatic hydroxyl groups excluding tert-OH is 2. The SMILES string of the molecule is COc1ccc(OC[C@H]2O[C@@H](CCn3cnc4ccccc43)[C@@H](O)[C@H]2O)c(Cl)c1.Cl. The van der Waals surface area contributed by atoms with Gasteiger partial charge in [-0.05, 0) is 30.7 Å². The van der Waals surface area contributed by atoms with Crippen molar-refractivity contribution in [2.75, 3.05) is 13.7 Å². The van der Waals surface area contributed by atoms with E-state index in [0.29, 0.717) is 29.5 Å². The summed E-state index contributed by atoms with van der Waals surface area (Å²) in [6, 6.07) is 12.9. The summed E-state index contributed by atoms with van der Waals surface area (Å²) in [5.74, 6) is 1.09. The molecule has 9 heteroatoms. The summed E-state index contributed by atoms with van der Waals surface area (Å²) in [4.78, 5) is 4.37. The number of fused-ring (bicyclic) bond motifs is 1. The van der Waals surface area contributed by atoms with Crippen LogP contribution >= 0.6 is 24.0 Å². The fourth-order valence-electron chi connectivity index (χ4n) is 3.55. The number of benzene rings is 2. The minimum Gasteiger partial charge on any atom is -0.497 e. The molecule has 162 valence electrons. The first-order valence-corrected chi connectivity index (χ1v) is 9.82. The van der Waals surface area contributed by atoms with Crippen molar-refractivity contribution >= 4 is 35.0 Å². The van der Waals surface area contributed by atoms with Crippen LogP contribution in [0.5, 0.6) is 11.5 Å². The highest BCUT2D eigenvalue weighted by molar-refractivity contribution is 6.32. The Morgan fingerprint density at radius 3 is 2.67 bits per heavy atom. The van der Waals surface area contributed by atoms with E-state index >= 15 is 0 Å². The van der Waals surface area contributed by atoms with E-state index in [4.69, 9.17) is 25.8 Å². The maximum absolute atomic E-state index is 10.4. The van der Waals surface area contributed by atoms with Crippen LogP contribution in [-0.2, 0) is 11.3 Å². The number of aryl methyl sites for hydroxylation is 1. The lowest BCUT2D eigenvalue weighted by molar-refractivity contribution is -0.0194. The molecule has 0 unspecified atom stereocenters. The van der Waals surface area contributed by atoms with Crippen LogP contribution in [-0.4, -0.2) is 57.9 Å². The maximum atomic E-state index is 10.4. The molecule has 0 bridgehead atoms. The summed E-state index contributed by atoms with van der Waals surface area (Å²) < 4.78 is 18.7. The average molecular weight is 455 g/mol. The Hall–Kier alpha value is -2.03. The molecule has 3 aromatic rings. The molecule has 0 saturated carbocycles. The van der Waals surface area contributed by atoms with E-state index in [-0.39, 0.29) is 19.0 Å². The number of halogens is 2. The lowest BCUT2D eigenvalue weighted by Gasteiger charge is -2.16. The molecule has 2 heterocycles. The summed E-state index contributed by atoms with van der Waals surface area (Å²) in [7, 11) is 1.56. The molecule has 1 aliphatic heterocycles. The largest absolute Gasteiger partial charge is 0.497 e. The summed E-state index contributed by atoms with van der Waals surface area (Å²) >= 11 is 6.18. The molecule has 2 N–H and O–H groups in total. The van der Waals surface area contributed by atoms with Gasteiger partial charge in [0.2, 0.25) is 0 Å². The normalized spacial score (nSPS) is 23.3. The fourth-order valence-corrected chi connectivity index (χ4v) is 3.78. The van der Waals surface area contributed by atoms with Gasteiger partial charge in [-0.3, -0.25) is 0 Å². The molecule has 2 aromatic carbocycles. The standard InChI is InChI=1S/C21H23ClN2O5.ClH/c1-27-13-6-7-17(14(22)10-13)28-11-19-21(26)20(25)18(29-19)8-9-24-12-23-15-4-2-3-5-16(15)24;/h2-7,10,12,18-21,25-26H,8-9,11H2,1H3;1H/t18-,19+,20+,21-;/m0./s1. The molecule has 1 aliphatic rings. The number of nitrogens with zero attached hydrogens (tertiary/aromatic N) is 2. The van der Waals surface area contributed by atoms with Crippen LogP contribution in [0.2, 0.25) is 5.02 Å². The lowest BCUT2D eigenvalue weighted by atomic mass is 10.1. The lowest BCUT2D eigenvalue weighted by Crippen LogP contribution is -2.35. The molecule has 1 aromatic heterocycles. The molecule has 1 fully saturated rings. The maximum Gasteiger partial charge on any atom is 0.138 e. The number of para-hydroxylation sites is 2. The zero-order chi connectivity index (χ0) is 20.4. The molecule has 1 saturated heterocycles. The number of methoxy groups -OCH3 is 1. The molecule has 0 amide bonds. The van der Waals surface area contributed by atoms with Crippen molar-refractivity contribution < 1.29 is 24.4 Å². The van der Waals surface area contributed by atoms with Crippen molar-refractivity contribution in [2.24, 2.45) is 0 Å². The summed E-state index contributed by atoms with van der Waals surface area (Å²) in [5, 5.41) is 21.2. The number of ether oxygens (including phenoxy) is 3. The third-order valence-electron chi connectivity index (χ3n) is 5.19. The average Bonchev–Trinajstić information content (AvgIpc) is 3.27. The Balaban J connectivity index is 0.00000256. The van der Waals surface area contributed by atoms with Crippen molar-refractivity contribution in [1.29, 1.82) is 0 Å². The van der Waals surface area contributed by atoms with Crippen LogP contribution in [0.1, 0.15) is 6.42 Å². The molecule has 0 aliphatic carbocycles. The first kappa shape index (κ1) is 22.7. The minimum atomic E-state index is -1.03. The first-order chi connectivity index (χ1) is 14.1. The number of imidazole rings is 1. The van der Waals surface area contributed by atoms with Crippen LogP contribution < -0.4 is 9.47 Å². The van der Waals surface area contributed by atoms with Gasteiger partial charge in [-0.1, -0.05) is 23.7 Å². The third-order valence-corrected chi connectivity index (χ3v) is 5.48. The van der Waals surface area contributed by atoms with Crippen LogP contribution in [0.15, 0.2) is 48.8 Å². The minimum absolute atomic E-state index is 0. The first-order valence-electron chi connectivity index (χ1n) is 9.44. The highest BCUT2D eigenvalue weighted by Gasteiger charge is 2.42. The molecular formula is C21H24Cl2N2O5. The monoisotopic (exact) mass is 454 g/mol. The summed E-state index contributed by atoms with van der Waals surface area (Å²) in [6.45, 7) is 0.696. The predicted octanol–water partition coefficient (Wildman–Crippen LogP) is 3.08. The van der Waals surface area contributed by atoms with E-state index in [2.05, 4.69) is 4.98 Å². The molecular weight excluding hydrogens is 431 g/mol. The van der Waals surface area contributed by atoms with Gasteiger partial charge in [-0.2, -0.15) is 0 Å². The van der Waals surface area contributed by atoms with Gasteiger partial charge >= 0.3 is 0 Å². The Morgan fingerprint density at radius 1 is 1.13 bits per heavy atom. The molecule has 4 rings (SSSR count). The van der Waals surface area contributed by atoms with E-state index in [1.54, 1.807) is 31.6 Å². The van der Waals surface area contributed by atoms with Crippen molar-refractivity contribution in [2.45, 2.75) is 37.4 Å². The molecule has 0 spiro atoms. The van der Waals surface area contributed by atoms with Gasteiger partial charge in [-0.15, -0.1) is 12.4 Å². The van der Waals surface area contributed by atoms with E-state index in [9.17, 15) is 10.2 Å². The predicted molar refractivity (Wildman–Crippen MR) is 116 cm³/mol. The van der Waals surface area contributed by atoms with E-state index in [1.165, 1.54) is 0 Å². The molecule has 0 radical (unpaired) electrons. The van der Waals surface area contributed by atoms with Gasteiger partial charge in [0.05, 0.1) is 35.6 Å². The zero-order valence-electron chi connectivity index (χ0n) is 16.3. The van der Waals surface area contributed by atoms with Gasteiger partial charge < -0.3 is 29.0 Å². The quantitative estimate of drug-likeness (QED) is 0.570. The van der Waals surface area contributed by atoms with Crippen molar-refractivity contribution in [3.63, 3.8) is 0 Å². The molecule has 4 atom stereocenters. The van der Waals surface area contributed by atoms with Gasteiger partial charge in [-0.25, -0.2) is 4.98 Å². The Morgan fingerprint density at radius 2 is 1.90 bits per heavy atom. The smallest absolute Gasteiger partial charge is 0.138 e. The third kappa shape index (κ3) is 4.66. The van der Waals surface area contributed by atoms with E-state index < -0.39 is 24.4 Å². The number of rotatable bonds is 7. The fraction of sp³-hybridized carbons (Fsp3) is 0.381. The second-order valence-corrected chi connectivity index (χ2v) is 7.42. The number of hydrogen-bond donors (Lipinski definition) is 2. The number of hydrogen-bond acceptors (Lipinski definition) is 6. The van der Waals surface area contributed by atoms with Crippen LogP contribution in [0.3, 0.4) is 0 Å². The zero-order valence-corrected chi connectivity index (χ0v) is 17.9.